The van der Waals surface area contributed by atoms with Crippen LogP contribution in [-0.4, -0.2) is 6.54 Å². The zero-order valence-corrected chi connectivity index (χ0v) is 10.3. The van der Waals surface area contributed by atoms with E-state index in [9.17, 15) is 0 Å². The summed E-state index contributed by atoms with van der Waals surface area (Å²) in [6.07, 6.45) is 13.0. The van der Waals surface area contributed by atoms with Crippen LogP contribution in [0.4, 0.5) is 0 Å². The van der Waals surface area contributed by atoms with E-state index in [2.05, 4.69) is 6.92 Å². The number of unbranched alkanes of at least 4 members (excludes halogenated alkanes) is 1. The van der Waals surface area contributed by atoms with Gasteiger partial charge in [0.05, 0.1) is 0 Å². The molecule has 2 rings (SSSR count). The fraction of sp³-hybridized carbons (Fsp3) is 1.00. The molecule has 0 aromatic carbocycles. The first-order valence-electron chi connectivity index (χ1n) is 7.01. The molecule has 2 saturated carbocycles. The van der Waals surface area contributed by atoms with Gasteiger partial charge in [-0.25, -0.2) is 0 Å². The van der Waals surface area contributed by atoms with Gasteiger partial charge in [0.2, 0.25) is 0 Å². The van der Waals surface area contributed by atoms with Crippen molar-refractivity contribution >= 4 is 0 Å². The molecule has 0 aromatic rings. The molecule has 2 N–H and O–H groups in total. The highest BCUT2D eigenvalue weighted by Crippen LogP contribution is 2.54. The lowest BCUT2D eigenvalue weighted by molar-refractivity contribution is 0.124. The van der Waals surface area contributed by atoms with Crippen LogP contribution in [0.15, 0.2) is 0 Å². The predicted octanol–water partition coefficient (Wildman–Crippen LogP) is 3.72. The van der Waals surface area contributed by atoms with Crippen LogP contribution in [0.3, 0.4) is 0 Å². The maximum Gasteiger partial charge on any atom is -0.00179 e. The summed E-state index contributed by atoms with van der Waals surface area (Å²) in [5.74, 6) is 2.04. The van der Waals surface area contributed by atoms with Gasteiger partial charge < -0.3 is 5.73 Å². The maximum absolute atomic E-state index is 6.02. The summed E-state index contributed by atoms with van der Waals surface area (Å²) >= 11 is 0. The Morgan fingerprint density at radius 2 is 1.80 bits per heavy atom. The van der Waals surface area contributed by atoms with E-state index in [1.54, 1.807) is 0 Å². The molecule has 15 heavy (non-hydrogen) atoms. The van der Waals surface area contributed by atoms with Crippen LogP contribution in [-0.2, 0) is 0 Å². The van der Waals surface area contributed by atoms with Crippen LogP contribution >= 0.6 is 0 Å². The van der Waals surface area contributed by atoms with Crippen LogP contribution in [0.2, 0.25) is 0 Å². The van der Waals surface area contributed by atoms with Gasteiger partial charge >= 0.3 is 0 Å². The normalized spacial score (nSPS) is 36.8. The molecule has 0 spiro atoms. The second-order valence-electron chi connectivity index (χ2n) is 5.93. The van der Waals surface area contributed by atoms with Gasteiger partial charge in [-0.05, 0) is 62.3 Å². The Bertz CT molecular complexity index is 188. The topological polar surface area (TPSA) is 26.0 Å². The first-order chi connectivity index (χ1) is 7.30. The fourth-order valence-electron chi connectivity index (χ4n) is 3.51. The molecule has 0 radical (unpaired) electrons. The van der Waals surface area contributed by atoms with Crippen molar-refractivity contribution in [1.29, 1.82) is 0 Å². The molecule has 0 unspecified atom stereocenters. The maximum atomic E-state index is 6.02. The predicted molar refractivity (Wildman–Crippen MR) is 65.7 cm³/mol. The van der Waals surface area contributed by atoms with E-state index in [1.165, 1.54) is 57.8 Å². The molecule has 0 saturated heterocycles. The minimum atomic E-state index is 0.586. The largest absolute Gasteiger partial charge is 0.330 e. The first-order valence-corrected chi connectivity index (χ1v) is 7.01. The Morgan fingerprint density at radius 1 is 1.13 bits per heavy atom. The van der Waals surface area contributed by atoms with Crippen molar-refractivity contribution in [3.63, 3.8) is 0 Å². The van der Waals surface area contributed by atoms with Gasteiger partial charge in [0, 0.05) is 0 Å². The highest BCUT2D eigenvalue weighted by atomic mass is 14.6. The van der Waals surface area contributed by atoms with E-state index in [0.717, 1.165) is 18.4 Å². The van der Waals surface area contributed by atoms with E-state index >= 15 is 0 Å². The van der Waals surface area contributed by atoms with Crippen molar-refractivity contribution < 1.29 is 0 Å². The molecular formula is C14H27N. The molecule has 0 bridgehead atoms. The lowest BCUT2D eigenvalue weighted by Gasteiger charge is -2.40. The first kappa shape index (κ1) is 11.4. The lowest BCUT2D eigenvalue weighted by atomic mass is 9.67. The van der Waals surface area contributed by atoms with Crippen LogP contribution < -0.4 is 5.73 Å². The number of rotatable bonds is 5. The van der Waals surface area contributed by atoms with Crippen molar-refractivity contribution in [3.05, 3.63) is 0 Å². The summed E-state index contributed by atoms with van der Waals surface area (Å²) in [4.78, 5) is 0. The minimum Gasteiger partial charge on any atom is -0.330 e. The minimum absolute atomic E-state index is 0.586. The van der Waals surface area contributed by atoms with Crippen LogP contribution in [0, 0.1) is 17.3 Å². The molecule has 0 heterocycles. The molecule has 1 nitrogen and oxygen atoms in total. The standard InChI is InChI=1S/C14H27N/c1-2-3-4-12-7-9-14(11-15,10-8-12)13-5-6-13/h12-13H,2-11,15H2,1H3. The second-order valence-corrected chi connectivity index (χ2v) is 5.93. The van der Waals surface area contributed by atoms with Crippen LogP contribution in [0.5, 0.6) is 0 Å². The summed E-state index contributed by atoms with van der Waals surface area (Å²) in [5, 5.41) is 0. The van der Waals surface area contributed by atoms with Crippen LogP contribution in [0.25, 0.3) is 0 Å². The Morgan fingerprint density at radius 3 is 2.27 bits per heavy atom. The van der Waals surface area contributed by atoms with Crippen molar-refractivity contribution in [2.24, 2.45) is 23.0 Å². The Labute approximate surface area is 94.8 Å². The third-order valence-corrected chi connectivity index (χ3v) is 4.92. The van der Waals surface area contributed by atoms with Gasteiger partial charge in [-0.2, -0.15) is 0 Å². The van der Waals surface area contributed by atoms with Crippen molar-refractivity contribution in [3.8, 4) is 0 Å². The molecule has 0 amide bonds. The molecular weight excluding hydrogens is 182 g/mol. The molecule has 88 valence electrons. The van der Waals surface area contributed by atoms with Gasteiger partial charge in [0.1, 0.15) is 0 Å². The van der Waals surface area contributed by atoms with Gasteiger partial charge in [-0.1, -0.05) is 26.2 Å². The Kier molecular flexibility index (Phi) is 3.71. The molecule has 2 fully saturated rings. The average molecular weight is 209 g/mol. The number of hydrogen-bond acceptors (Lipinski definition) is 1. The Balaban J connectivity index is 1.79. The smallest absolute Gasteiger partial charge is 0.00179 e. The monoisotopic (exact) mass is 209 g/mol. The third-order valence-electron chi connectivity index (χ3n) is 4.92. The zero-order valence-electron chi connectivity index (χ0n) is 10.3. The zero-order chi connectivity index (χ0) is 10.7. The van der Waals surface area contributed by atoms with Crippen molar-refractivity contribution in [2.45, 2.75) is 64.7 Å². The molecule has 2 aliphatic carbocycles. The molecule has 2 aliphatic rings. The molecule has 0 aliphatic heterocycles. The van der Waals surface area contributed by atoms with E-state index < -0.39 is 0 Å². The number of nitrogens with two attached hydrogens (primary N) is 1. The second kappa shape index (κ2) is 4.86. The van der Waals surface area contributed by atoms with Gasteiger partial charge in [0.25, 0.3) is 0 Å². The fourth-order valence-corrected chi connectivity index (χ4v) is 3.51. The molecule has 1 heteroatoms. The van der Waals surface area contributed by atoms with E-state index in [1.807, 2.05) is 0 Å². The van der Waals surface area contributed by atoms with Crippen molar-refractivity contribution in [1.82, 2.24) is 0 Å². The summed E-state index contributed by atoms with van der Waals surface area (Å²) in [5.41, 5.74) is 6.61. The highest BCUT2D eigenvalue weighted by Gasteiger charge is 2.45. The third kappa shape index (κ3) is 2.55. The summed E-state index contributed by atoms with van der Waals surface area (Å²) in [6, 6.07) is 0. The van der Waals surface area contributed by atoms with E-state index in [4.69, 9.17) is 5.73 Å². The quantitative estimate of drug-likeness (QED) is 0.733. The molecule has 0 aromatic heterocycles. The average Bonchev–Trinajstić information content (AvgIpc) is 3.11. The Hall–Kier alpha value is -0.0400. The SMILES string of the molecule is CCCCC1CCC(CN)(C2CC2)CC1. The lowest BCUT2D eigenvalue weighted by Crippen LogP contribution is -2.36. The van der Waals surface area contributed by atoms with Gasteiger partial charge in [-0.15, -0.1) is 0 Å². The van der Waals surface area contributed by atoms with Gasteiger partial charge in [0.15, 0.2) is 0 Å². The van der Waals surface area contributed by atoms with Crippen LogP contribution in [0.1, 0.15) is 64.7 Å². The van der Waals surface area contributed by atoms with E-state index in [-0.39, 0.29) is 0 Å². The summed E-state index contributed by atoms with van der Waals surface area (Å²) < 4.78 is 0. The van der Waals surface area contributed by atoms with Gasteiger partial charge in [-0.3, -0.25) is 0 Å². The summed E-state index contributed by atoms with van der Waals surface area (Å²) in [7, 11) is 0. The van der Waals surface area contributed by atoms with Crippen molar-refractivity contribution in [2.75, 3.05) is 6.54 Å². The van der Waals surface area contributed by atoms with E-state index in [0.29, 0.717) is 5.41 Å². The number of hydrogen-bond donors (Lipinski definition) is 1. The summed E-state index contributed by atoms with van der Waals surface area (Å²) in [6.45, 7) is 3.26. The molecule has 0 atom stereocenters. The highest BCUT2D eigenvalue weighted by molar-refractivity contribution is 4.97.